The van der Waals surface area contributed by atoms with Crippen LogP contribution in [0.15, 0.2) is 0 Å². The fraction of sp³-hybridized carbons (Fsp3) is 0.667. The van der Waals surface area contributed by atoms with Gasteiger partial charge in [0, 0.05) is 6.42 Å². The summed E-state index contributed by atoms with van der Waals surface area (Å²) in [6.45, 7) is 0.00409. The lowest BCUT2D eigenvalue weighted by Gasteiger charge is -2.22. The lowest BCUT2D eigenvalue weighted by molar-refractivity contribution is -0.140. The monoisotopic (exact) mass is 215 g/mol. The highest BCUT2D eigenvalue weighted by molar-refractivity contribution is 6.05. The summed E-state index contributed by atoms with van der Waals surface area (Å²) < 4.78 is 4.85. The number of aliphatic carboxylic acids is 1. The van der Waals surface area contributed by atoms with E-state index in [1.165, 1.54) is 0 Å². The van der Waals surface area contributed by atoms with Crippen molar-refractivity contribution in [2.24, 2.45) is 5.92 Å². The van der Waals surface area contributed by atoms with Gasteiger partial charge >= 0.3 is 5.97 Å². The molecule has 6 heteroatoms. The first-order chi connectivity index (χ1) is 7.11. The first-order valence-electron chi connectivity index (χ1n) is 4.71. The molecule has 0 aromatic heterocycles. The Morgan fingerprint density at radius 2 is 2.27 bits per heavy atom. The number of ketones is 1. The molecule has 0 aromatic carbocycles. The van der Waals surface area contributed by atoms with Crippen molar-refractivity contribution in [3.63, 3.8) is 0 Å². The van der Waals surface area contributed by atoms with Gasteiger partial charge in [-0.2, -0.15) is 0 Å². The van der Waals surface area contributed by atoms with E-state index in [1.807, 2.05) is 0 Å². The van der Waals surface area contributed by atoms with Crippen LogP contribution in [0.4, 0.5) is 0 Å². The van der Waals surface area contributed by atoms with E-state index in [0.717, 1.165) is 0 Å². The van der Waals surface area contributed by atoms with Crippen LogP contribution in [0.2, 0.25) is 0 Å². The van der Waals surface area contributed by atoms with Crippen molar-refractivity contribution in [3.8, 4) is 0 Å². The van der Waals surface area contributed by atoms with Crippen LogP contribution >= 0.6 is 0 Å². The molecule has 0 spiro atoms. The summed E-state index contributed by atoms with van der Waals surface area (Å²) in [5, 5.41) is 10.7. The average Bonchev–Trinajstić information content (AvgIpc) is 2.14. The summed E-state index contributed by atoms with van der Waals surface area (Å²) in [4.78, 5) is 32.2. The van der Waals surface area contributed by atoms with Crippen molar-refractivity contribution < 1.29 is 24.2 Å². The molecule has 2 N–H and O–H groups in total. The van der Waals surface area contributed by atoms with Crippen molar-refractivity contribution in [1.82, 2.24) is 5.32 Å². The van der Waals surface area contributed by atoms with Crippen molar-refractivity contribution in [1.29, 1.82) is 0 Å². The predicted molar refractivity (Wildman–Crippen MR) is 48.9 cm³/mol. The van der Waals surface area contributed by atoms with Gasteiger partial charge in [0.1, 0.15) is 12.5 Å². The Morgan fingerprint density at radius 3 is 2.73 bits per heavy atom. The molecule has 0 aliphatic heterocycles. The molecule has 1 amide bonds. The summed E-state index contributed by atoms with van der Waals surface area (Å²) in [7, 11) is 0. The molecule has 1 saturated carbocycles. The molecule has 1 fully saturated rings. The minimum Gasteiger partial charge on any atom is -0.481 e. The lowest BCUT2D eigenvalue weighted by atomic mass is 9.83. The molecule has 0 saturated heterocycles. The number of nitrogens with one attached hydrogen (secondary N) is 1. The van der Waals surface area contributed by atoms with E-state index in [0.29, 0.717) is 12.8 Å². The van der Waals surface area contributed by atoms with Gasteiger partial charge in [-0.15, -0.1) is 0 Å². The molecule has 1 aliphatic rings. The number of carbonyl (C=O) groups excluding carboxylic acids is 2. The number of amides is 1. The van der Waals surface area contributed by atoms with Crippen molar-refractivity contribution in [3.05, 3.63) is 0 Å². The number of ether oxygens (including phenoxy) is 1. The fourth-order valence-electron chi connectivity index (χ4n) is 1.16. The Labute approximate surface area is 86.6 Å². The van der Waals surface area contributed by atoms with Crippen molar-refractivity contribution in [2.45, 2.75) is 19.3 Å². The van der Waals surface area contributed by atoms with Gasteiger partial charge in [0.25, 0.3) is 0 Å². The van der Waals surface area contributed by atoms with Crippen LogP contribution < -0.4 is 5.32 Å². The molecule has 1 aliphatic carbocycles. The first-order valence-corrected chi connectivity index (χ1v) is 4.71. The molecular formula is C9H13NO5. The maximum Gasteiger partial charge on any atom is 0.305 e. The zero-order valence-corrected chi connectivity index (χ0v) is 8.19. The average molecular weight is 215 g/mol. The number of carboxylic acid groups (broad SMARTS) is 1. The van der Waals surface area contributed by atoms with Crippen LogP contribution in [0, 0.1) is 5.92 Å². The Balaban J connectivity index is 2.02. The van der Waals surface area contributed by atoms with Gasteiger partial charge in [-0.3, -0.25) is 14.4 Å². The number of carboxylic acids is 1. The quantitative estimate of drug-likeness (QED) is 0.355. The third-order valence-electron chi connectivity index (χ3n) is 2.19. The maximum absolute atomic E-state index is 11.2. The maximum atomic E-state index is 11.2. The van der Waals surface area contributed by atoms with Crippen LogP contribution in [0.5, 0.6) is 0 Å². The summed E-state index contributed by atoms with van der Waals surface area (Å²) in [5.41, 5.74) is 0. The van der Waals surface area contributed by atoms with E-state index < -0.39 is 11.9 Å². The van der Waals surface area contributed by atoms with Crippen molar-refractivity contribution in [2.75, 3.05) is 13.3 Å². The lowest BCUT2D eigenvalue weighted by Crippen LogP contribution is -2.41. The molecular weight excluding hydrogens is 202 g/mol. The minimum absolute atomic E-state index is 0.0435. The van der Waals surface area contributed by atoms with Crippen LogP contribution in [0.3, 0.4) is 0 Å². The molecule has 1 unspecified atom stereocenters. The standard InChI is InChI=1S/C9H13NO5/c11-7-2-1-6(7)9(14)10-5-15-4-3-8(12)13/h6H,1-5H2,(H,10,14)(H,12,13). The number of Topliss-reactive ketones (excluding diaryl/α,β-unsaturated/α-hetero) is 1. The predicted octanol–water partition coefficient (Wildman–Crippen LogP) is -0.470. The van der Waals surface area contributed by atoms with Gasteiger partial charge < -0.3 is 15.2 Å². The second-order valence-corrected chi connectivity index (χ2v) is 3.29. The molecule has 0 aromatic rings. The van der Waals surface area contributed by atoms with E-state index in [2.05, 4.69) is 5.32 Å². The van der Waals surface area contributed by atoms with Gasteiger partial charge in [-0.1, -0.05) is 0 Å². The summed E-state index contributed by atoms with van der Waals surface area (Å²) in [5.74, 6) is -1.84. The SMILES string of the molecule is O=C(O)CCOCNC(=O)C1CCC1=O. The minimum atomic E-state index is -0.949. The topological polar surface area (TPSA) is 92.7 Å². The number of rotatable bonds is 6. The zero-order valence-electron chi connectivity index (χ0n) is 8.19. The third kappa shape index (κ3) is 3.67. The summed E-state index contributed by atoms with van der Waals surface area (Å²) >= 11 is 0. The highest BCUT2D eigenvalue weighted by atomic mass is 16.5. The second kappa shape index (κ2) is 5.45. The zero-order chi connectivity index (χ0) is 11.3. The molecule has 1 atom stereocenters. The largest absolute Gasteiger partial charge is 0.481 e. The second-order valence-electron chi connectivity index (χ2n) is 3.29. The normalized spacial score (nSPS) is 19.5. The molecule has 84 valence electrons. The molecule has 0 radical (unpaired) electrons. The van der Waals surface area contributed by atoms with E-state index in [-0.39, 0.29) is 31.4 Å². The van der Waals surface area contributed by atoms with Crippen LogP contribution in [0.1, 0.15) is 19.3 Å². The van der Waals surface area contributed by atoms with Gasteiger partial charge in [0.2, 0.25) is 5.91 Å². The van der Waals surface area contributed by atoms with E-state index in [4.69, 9.17) is 9.84 Å². The van der Waals surface area contributed by atoms with E-state index in [1.54, 1.807) is 0 Å². The molecule has 0 bridgehead atoms. The highest BCUT2D eigenvalue weighted by Gasteiger charge is 2.34. The van der Waals surface area contributed by atoms with Crippen LogP contribution in [-0.2, 0) is 19.1 Å². The Bertz CT molecular complexity index is 276. The molecule has 0 heterocycles. The van der Waals surface area contributed by atoms with Crippen LogP contribution in [0.25, 0.3) is 0 Å². The van der Waals surface area contributed by atoms with Gasteiger partial charge in [-0.05, 0) is 6.42 Å². The molecule has 6 nitrogen and oxygen atoms in total. The van der Waals surface area contributed by atoms with Gasteiger partial charge in [0.05, 0.1) is 18.9 Å². The molecule has 15 heavy (non-hydrogen) atoms. The van der Waals surface area contributed by atoms with E-state index >= 15 is 0 Å². The fourth-order valence-corrected chi connectivity index (χ4v) is 1.16. The number of carbonyl (C=O) groups is 3. The van der Waals surface area contributed by atoms with Crippen LogP contribution in [-0.4, -0.2) is 36.1 Å². The smallest absolute Gasteiger partial charge is 0.305 e. The Kier molecular flexibility index (Phi) is 4.23. The van der Waals surface area contributed by atoms with Crippen molar-refractivity contribution >= 4 is 17.7 Å². The third-order valence-corrected chi connectivity index (χ3v) is 2.19. The summed E-state index contributed by atoms with van der Waals surface area (Å²) in [6.07, 6.45) is 0.968. The first kappa shape index (κ1) is 11.6. The molecule has 1 rings (SSSR count). The Hall–Kier alpha value is -1.43. The number of hydrogen-bond donors (Lipinski definition) is 2. The highest BCUT2D eigenvalue weighted by Crippen LogP contribution is 2.21. The Morgan fingerprint density at radius 1 is 1.53 bits per heavy atom. The summed E-state index contributed by atoms with van der Waals surface area (Å²) in [6, 6.07) is 0. The van der Waals surface area contributed by atoms with Gasteiger partial charge in [0.15, 0.2) is 0 Å². The van der Waals surface area contributed by atoms with Gasteiger partial charge in [-0.25, -0.2) is 0 Å². The van der Waals surface area contributed by atoms with E-state index in [9.17, 15) is 14.4 Å². The number of hydrogen-bond acceptors (Lipinski definition) is 4.